The van der Waals surface area contributed by atoms with Gasteiger partial charge in [0.25, 0.3) is 5.56 Å². The fourth-order valence-electron chi connectivity index (χ4n) is 2.28. The average molecular weight is 302 g/mol. The van der Waals surface area contributed by atoms with Crippen LogP contribution in [0.4, 0.5) is 13.2 Å². The summed E-state index contributed by atoms with van der Waals surface area (Å²) in [5, 5.41) is 2.80. The first kappa shape index (κ1) is 15.6. The van der Waals surface area contributed by atoms with Gasteiger partial charge in [-0.25, -0.2) is 9.50 Å². The first-order valence-corrected chi connectivity index (χ1v) is 6.41. The molecule has 21 heavy (non-hydrogen) atoms. The van der Waals surface area contributed by atoms with Crippen molar-refractivity contribution in [3.8, 4) is 0 Å². The summed E-state index contributed by atoms with van der Waals surface area (Å²) in [6.07, 6.45) is -5.71. The summed E-state index contributed by atoms with van der Waals surface area (Å²) in [5.41, 5.74) is 1.02. The van der Waals surface area contributed by atoms with Crippen LogP contribution >= 0.6 is 0 Å². The molecule has 0 spiro atoms. The smallest absolute Gasteiger partial charge is 0.305 e. The number of aryl methyl sites for hydroxylation is 2. The van der Waals surface area contributed by atoms with E-state index in [0.717, 1.165) is 15.8 Å². The van der Waals surface area contributed by atoms with E-state index in [2.05, 4.69) is 10.1 Å². The van der Waals surface area contributed by atoms with Crippen LogP contribution in [0.2, 0.25) is 0 Å². The molecule has 116 valence electrons. The molecule has 0 aliphatic heterocycles. The molecule has 2 aromatic heterocycles. The van der Waals surface area contributed by atoms with Gasteiger partial charge >= 0.3 is 6.18 Å². The molecule has 2 aromatic rings. The number of hydrogen-bond acceptors (Lipinski definition) is 3. The van der Waals surface area contributed by atoms with Gasteiger partial charge in [-0.1, -0.05) is 0 Å². The first-order chi connectivity index (χ1) is 9.60. The monoisotopic (exact) mass is 302 g/mol. The zero-order chi connectivity index (χ0) is 15.9. The van der Waals surface area contributed by atoms with Crippen molar-refractivity contribution in [2.24, 2.45) is 0 Å². The number of rotatable bonds is 3. The van der Waals surface area contributed by atoms with Gasteiger partial charge in [-0.05, 0) is 27.9 Å². The number of nitrogens with zero attached hydrogens (tertiary/aromatic N) is 3. The molecule has 0 aliphatic rings. The Bertz CT molecular complexity index is 728. The van der Waals surface area contributed by atoms with E-state index in [1.54, 1.807) is 6.92 Å². The number of nitrogens with one attached hydrogen (secondary N) is 1. The highest BCUT2D eigenvalue weighted by Gasteiger charge is 2.31. The maximum Gasteiger partial charge on any atom is 0.393 e. The minimum atomic E-state index is -4.44. The third kappa shape index (κ3) is 3.10. The largest absolute Gasteiger partial charge is 0.393 e. The van der Waals surface area contributed by atoms with Crippen LogP contribution in [0, 0.1) is 13.8 Å². The van der Waals surface area contributed by atoms with E-state index in [1.165, 1.54) is 6.92 Å². The van der Waals surface area contributed by atoms with Gasteiger partial charge < -0.3 is 4.90 Å². The summed E-state index contributed by atoms with van der Waals surface area (Å²) in [6.45, 7) is 3.75. The van der Waals surface area contributed by atoms with Crippen LogP contribution in [-0.2, 0) is 13.0 Å². The van der Waals surface area contributed by atoms with Crippen molar-refractivity contribution in [1.82, 2.24) is 19.5 Å². The summed E-state index contributed by atoms with van der Waals surface area (Å²) >= 11 is 0. The Morgan fingerprint density at radius 1 is 1.24 bits per heavy atom. The topological polar surface area (TPSA) is 53.4 Å². The van der Waals surface area contributed by atoms with E-state index in [9.17, 15) is 18.0 Å². The van der Waals surface area contributed by atoms with Gasteiger partial charge in [0.05, 0.1) is 6.42 Å². The Balaban J connectivity index is 2.66. The quantitative estimate of drug-likeness (QED) is 0.941. The molecule has 0 bridgehead atoms. The van der Waals surface area contributed by atoms with Crippen molar-refractivity contribution in [3.63, 3.8) is 0 Å². The molecule has 0 unspecified atom stereocenters. The molecule has 2 heterocycles. The minimum absolute atomic E-state index is 0.122. The molecule has 0 saturated carbocycles. The zero-order valence-electron chi connectivity index (χ0n) is 12.3. The summed E-state index contributed by atoms with van der Waals surface area (Å²) in [7, 11) is 3.73. The number of fused-ring (bicyclic) bond motifs is 1. The lowest BCUT2D eigenvalue weighted by atomic mass is 10.1. The van der Waals surface area contributed by atoms with Crippen LogP contribution < -0.4 is 5.56 Å². The molecule has 2 rings (SSSR count). The van der Waals surface area contributed by atoms with Crippen molar-refractivity contribution in [2.45, 2.75) is 33.0 Å². The van der Waals surface area contributed by atoms with Crippen molar-refractivity contribution in [1.29, 1.82) is 0 Å². The van der Waals surface area contributed by atoms with Crippen molar-refractivity contribution >= 4 is 5.65 Å². The third-order valence-electron chi connectivity index (χ3n) is 3.24. The van der Waals surface area contributed by atoms with Gasteiger partial charge in [0, 0.05) is 29.1 Å². The second-order valence-corrected chi connectivity index (χ2v) is 5.39. The van der Waals surface area contributed by atoms with E-state index < -0.39 is 18.2 Å². The van der Waals surface area contributed by atoms with Crippen molar-refractivity contribution in [3.05, 3.63) is 32.9 Å². The van der Waals surface area contributed by atoms with Gasteiger partial charge in [0.1, 0.15) is 0 Å². The molecule has 1 N–H and O–H groups in total. The van der Waals surface area contributed by atoms with E-state index in [0.29, 0.717) is 12.2 Å². The predicted octanol–water partition coefficient (Wildman–Crippen LogP) is 1.81. The maximum absolute atomic E-state index is 12.6. The molecule has 0 saturated heterocycles. The second-order valence-electron chi connectivity index (χ2n) is 5.39. The van der Waals surface area contributed by atoms with Crippen LogP contribution in [0.5, 0.6) is 0 Å². The van der Waals surface area contributed by atoms with Gasteiger partial charge in [0.2, 0.25) is 0 Å². The molecular formula is C13H17F3N4O. The van der Waals surface area contributed by atoms with Crippen molar-refractivity contribution < 1.29 is 13.2 Å². The SMILES string of the molecule is Cc1nc2c(CN(C)C)c(C)[nH]n2c(=O)c1CC(F)(F)F. The van der Waals surface area contributed by atoms with E-state index in [1.807, 2.05) is 19.0 Å². The molecule has 0 aliphatic carbocycles. The number of aromatic amines is 1. The predicted molar refractivity (Wildman–Crippen MR) is 72.4 cm³/mol. The first-order valence-electron chi connectivity index (χ1n) is 6.41. The second kappa shape index (κ2) is 5.18. The highest BCUT2D eigenvalue weighted by atomic mass is 19.4. The molecule has 0 fully saturated rings. The van der Waals surface area contributed by atoms with E-state index >= 15 is 0 Å². The highest BCUT2D eigenvalue weighted by molar-refractivity contribution is 5.51. The number of hydrogen-bond donors (Lipinski definition) is 1. The Hall–Kier alpha value is -1.83. The molecule has 8 heteroatoms. The van der Waals surface area contributed by atoms with Gasteiger partial charge in [-0.15, -0.1) is 0 Å². The Labute approximate surface area is 119 Å². The number of H-pyrrole nitrogens is 1. The van der Waals surface area contributed by atoms with Gasteiger partial charge in [-0.3, -0.25) is 9.89 Å². The molecular weight excluding hydrogens is 285 g/mol. The van der Waals surface area contributed by atoms with Gasteiger partial charge in [0.15, 0.2) is 5.65 Å². The lowest BCUT2D eigenvalue weighted by Crippen LogP contribution is -2.26. The molecule has 0 amide bonds. The average Bonchev–Trinajstić information content (AvgIpc) is 2.61. The summed E-state index contributed by atoms with van der Waals surface area (Å²) in [5.74, 6) is 0. The van der Waals surface area contributed by atoms with Crippen molar-refractivity contribution in [2.75, 3.05) is 14.1 Å². The normalized spacial score (nSPS) is 12.6. The van der Waals surface area contributed by atoms with E-state index in [4.69, 9.17) is 0 Å². The van der Waals surface area contributed by atoms with Crippen LogP contribution in [0.1, 0.15) is 22.5 Å². The Kier molecular flexibility index (Phi) is 3.83. The number of alkyl halides is 3. The summed E-state index contributed by atoms with van der Waals surface area (Å²) in [6, 6.07) is 0. The minimum Gasteiger partial charge on any atom is -0.305 e. The van der Waals surface area contributed by atoms with E-state index in [-0.39, 0.29) is 11.3 Å². The third-order valence-corrected chi connectivity index (χ3v) is 3.24. The number of halogens is 3. The standard InChI is InChI=1S/C13H17F3N4O/c1-7-9(5-13(14,15)16)12(21)20-11(17-7)10(6-19(3)4)8(2)18-20/h18H,5-6H2,1-4H3. The van der Waals surface area contributed by atoms with Crippen LogP contribution in [0.15, 0.2) is 4.79 Å². The fraction of sp³-hybridized carbons (Fsp3) is 0.538. The molecule has 0 radical (unpaired) electrons. The molecule has 5 nitrogen and oxygen atoms in total. The fourth-order valence-corrected chi connectivity index (χ4v) is 2.28. The molecule has 0 aromatic carbocycles. The molecule has 0 atom stereocenters. The zero-order valence-corrected chi connectivity index (χ0v) is 12.3. The lowest BCUT2D eigenvalue weighted by Gasteiger charge is -2.10. The van der Waals surface area contributed by atoms with Gasteiger partial charge in [-0.2, -0.15) is 13.2 Å². The Morgan fingerprint density at radius 3 is 2.38 bits per heavy atom. The Morgan fingerprint density at radius 2 is 1.86 bits per heavy atom. The van der Waals surface area contributed by atoms with Crippen LogP contribution in [-0.4, -0.2) is 39.8 Å². The summed E-state index contributed by atoms with van der Waals surface area (Å²) < 4.78 is 38.8. The number of aromatic nitrogens is 3. The highest BCUT2D eigenvalue weighted by Crippen LogP contribution is 2.22. The lowest BCUT2D eigenvalue weighted by molar-refractivity contribution is -0.127. The van der Waals surface area contributed by atoms with Crippen LogP contribution in [0.3, 0.4) is 0 Å². The maximum atomic E-state index is 12.6. The van der Waals surface area contributed by atoms with Crippen LogP contribution in [0.25, 0.3) is 5.65 Å². The summed E-state index contributed by atoms with van der Waals surface area (Å²) in [4.78, 5) is 18.4.